The number of nitrogens with zero attached hydrogens (tertiary/aromatic N) is 1. The topological polar surface area (TPSA) is 132 Å². The fourth-order valence-corrected chi connectivity index (χ4v) is 6.59. The highest BCUT2D eigenvalue weighted by Gasteiger charge is 2.49. The first-order valence-corrected chi connectivity index (χ1v) is 17.8. The fraction of sp³-hybridized carbons (Fsp3) is 0.871. The van der Waals surface area contributed by atoms with Gasteiger partial charge < -0.3 is 23.4 Å². The number of ether oxygens (including phenoxy) is 2. The molecule has 0 aliphatic carbocycles. The van der Waals surface area contributed by atoms with Gasteiger partial charge >= 0.3 is 5.69 Å². The molecule has 1 aliphatic heterocycles. The average molecular weight is 616 g/mol. The Balaban J connectivity index is 1.91. The SMILES string of the molecule is CCCCCCCCCCCCCCCCO[C@H]1C(OP(=O)([O-])OC(C)C)[C@@H](CC(C)C)O[C@H]1n1ccc(=O)[nH]c1=O. The van der Waals surface area contributed by atoms with Crippen molar-refractivity contribution in [1.29, 1.82) is 0 Å². The van der Waals surface area contributed by atoms with Crippen molar-refractivity contribution < 1.29 is 28.0 Å². The highest BCUT2D eigenvalue weighted by Crippen LogP contribution is 2.47. The van der Waals surface area contributed by atoms with Crippen molar-refractivity contribution in [3.05, 3.63) is 33.1 Å². The molecule has 0 amide bonds. The van der Waals surface area contributed by atoms with Crippen LogP contribution in [0.5, 0.6) is 0 Å². The lowest BCUT2D eigenvalue weighted by molar-refractivity contribution is -0.237. The normalized spacial score (nSPS) is 22.3. The van der Waals surface area contributed by atoms with Gasteiger partial charge in [-0.15, -0.1) is 0 Å². The minimum absolute atomic E-state index is 0.163. The highest BCUT2D eigenvalue weighted by atomic mass is 31.2. The molecule has 2 rings (SSSR count). The zero-order valence-electron chi connectivity index (χ0n) is 26.6. The summed E-state index contributed by atoms with van der Waals surface area (Å²) < 4.78 is 37.0. The quantitative estimate of drug-likeness (QED) is 0.107. The Morgan fingerprint density at radius 1 is 0.905 bits per heavy atom. The summed E-state index contributed by atoms with van der Waals surface area (Å²) in [4.78, 5) is 39.2. The molecule has 2 heterocycles. The van der Waals surface area contributed by atoms with Crippen molar-refractivity contribution in [3.8, 4) is 0 Å². The zero-order chi connectivity index (χ0) is 31.0. The number of nitrogens with one attached hydrogen (secondary N) is 1. The van der Waals surface area contributed by atoms with Crippen molar-refractivity contribution in [3.63, 3.8) is 0 Å². The van der Waals surface area contributed by atoms with Crippen LogP contribution in [0.2, 0.25) is 0 Å². The summed E-state index contributed by atoms with van der Waals surface area (Å²) in [5, 5.41) is 0. The fourth-order valence-electron chi connectivity index (χ4n) is 5.47. The van der Waals surface area contributed by atoms with Crippen LogP contribution >= 0.6 is 7.82 Å². The minimum Gasteiger partial charge on any atom is -0.756 e. The van der Waals surface area contributed by atoms with Crippen LogP contribution in [0, 0.1) is 5.92 Å². The monoisotopic (exact) mass is 615 g/mol. The lowest BCUT2D eigenvalue weighted by Gasteiger charge is -2.32. The van der Waals surface area contributed by atoms with Gasteiger partial charge in [-0.1, -0.05) is 104 Å². The van der Waals surface area contributed by atoms with Gasteiger partial charge in [-0.3, -0.25) is 18.9 Å². The summed E-state index contributed by atoms with van der Waals surface area (Å²) >= 11 is 0. The summed E-state index contributed by atoms with van der Waals surface area (Å²) in [6.45, 7) is 9.82. The molecule has 1 aliphatic rings. The van der Waals surface area contributed by atoms with E-state index in [4.69, 9.17) is 18.5 Å². The second kappa shape index (κ2) is 19.9. The van der Waals surface area contributed by atoms with E-state index in [9.17, 15) is 19.0 Å². The van der Waals surface area contributed by atoms with Crippen molar-refractivity contribution in [1.82, 2.24) is 9.55 Å². The molecule has 1 aromatic rings. The second-order valence-electron chi connectivity index (χ2n) is 12.3. The smallest absolute Gasteiger partial charge is 0.330 e. The van der Waals surface area contributed by atoms with Gasteiger partial charge in [0.15, 0.2) is 6.23 Å². The first-order chi connectivity index (χ1) is 20.0. The van der Waals surface area contributed by atoms with Crippen molar-refractivity contribution in [2.75, 3.05) is 6.61 Å². The number of aromatic amines is 1. The molecule has 244 valence electrons. The Kier molecular flexibility index (Phi) is 17.5. The molecular weight excluding hydrogens is 559 g/mol. The van der Waals surface area contributed by atoms with Crippen molar-refractivity contribution in [2.24, 2.45) is 5.92 Å². The number of H-pyrrole nitrogens is 1. The van der Waals surface area contributed by atoms with E-state index in [1.54, 1.807) is 13.8 Å². The molecule has 2 unspecified atom stereocenters. The number of hydrogen-bond donors (Lipinski definition) is 1. The number of hydrogen-bond acceptors (Lipinski definition) is 8. The van der Waals surface area contributed by atoms with Gasteiger partial charge in [0.25, 0.3) is 13.4 Å². The Labute approximate surface area is 252 Å². The second-order valence-corrected chi connectivity index (χ2v) is 13.6. The van der Waals surface area contributed by atoms with E-state index in [2.05, 4.69) is 11.9 Å². The molecule has 1 fully saturated rings. The standard InChI is InChI=1S/C31H57N2O8P/c1-6-7-8-9-10-11-12-13-14-15-16-17-18-19-22-38-29-28(41-42(36,37)40-25(4)5)26(23-24(2)3)39-30(29)33-21-20-27(34)32-31(33)35/h20-21,24-26,28-30H,6-19,22-23H2,1-5H3,(H,36,37)(H,32,34,35)/p-1/t26-,28?,29+,30-/m1/s1. The molecular formula is C31H56N2O8P-. The molecule has 0 saturated carbocycles. The summed E-state index contributed by atoms with van der Waals surface area (Å²) in [6.07, 6.45) is 15.1. The van der Waals surface area contributed by atoms with Crippen molar-refractivity contribution >= 4 is 7.82 Å². The Hall–Kier alpha value is -1.29. The lowest BCUT2D eigenvalue weighted by Crippen LogP contribution is -2.41. The van der Waals surface area contributed by atoms with Gasteiger partial charge in [0.05, 0.1) is 12.2 Å². The molecule has 0 spiro atoms. The molecule has 10 nitrogen and oxygen atoms in total. The maximum absolute atomic E-state index is 12.7. The van der Waals surface area contributed by atoms with Crippen LogP contribution in [0.4, 0.5) is 0 Å². The van der Waals surface area contributed by atoms with Crippen LogP contribution in [-0.2, 0) is 23.1 Å². The molecule has 42 heavy (non-hydrogen) atoms. The first kappa shape index (κ1) is 36.9. The summed E-state index contributed by atoms with van der Waals surface area (Å²) in [5.74, 6) is 0.163. The highest BCUT2D eigenvalue weighted by molar-refractivity contribution is 7.45. The van der Waals surface area contributed by atoms with E-state index in [0.717, 1.165) is 19.3 Å². The maximum Gasteiger partial charge on any atom is 0.330 e. The largest absolute Gasteiger partial charge is 0.756 e. The number of phosphoric acid groups is 1. The lowest BCUT2D eigenvalue weighted by atomic mass is 10.0. The summed E-state index contributed by atoms with van der Waals surface area (Å²) in [6, 6.07) is 1.22. The van der Waals surface area contributed by atoms with Crippen LogP contribution in [-0.4, -0.2) is 40.6 Å². The predicted octanol–water partition coefficient (Wildman–Crippen LogP) is 6.63. The molecule has 0 aromatic carbocycles. The maximum atomic E-state index is 12.7. The molecule has 1 aromatic heterocycles. The number of phosphoric ester groups is 1. The van der Waals surface area contributed by atoms with Gasteiger partial charge in [0, 0.05) is 18.9 Å². The first-order valence-electron chi connectivity index (χ1n) is 16.3. The Bertz CT molecular complexity index is 1030. The molecule has 1 saturated heterocycles. The number of rotatable bonds is 23. The number of aromatic nitrogens is 2. The van der Waals surface area contributed by atoms with Gasteiger partial charge in [0.2, 0.25) is 0 Å². The van der Waals surface area contributed by atoms with Gasteiger partial charge in [-0.2, -0.15) is 0 Å². The van der Waals surface area contributed by atoms with E-state index in [0.29, 0.717) is 13.0 Å². The molecule has 5 atom stereocenters. The van der Waals surface area contributed by atoms with Gasteiger partial charge in [-0.25, -0.2) is 4.79 Å². The Morgan fingerprint density at radius 3 is 1.95 bits per heavy atom. The van der Waals surface area contributed by atoms with E-state index >= 15 is 0 Å². The van der Waals surface area contributed by atoms with Crippen LogP contribution in [0.1, 0.15) is 137 Å². The van der Waals surface area contributed by atoms with E-state index in [1.165, 1.54) is 87.5 Å². The average Bonchev–Trinajstić information content (AvgIpc) is 3.20. The van der Waals surface area contributed by atoms with Crippen LogP contribution in [0.15, 0.2) is 21.9 Å². The van der Waals surface area contributed by atoms with Crippen LogP contribution in [0.25, 0.3) is 0 Å². The third-order valence-corrected chi connectivity index (χ3v) is 8.69. The minimum atomic E-state index is -4.68. The van der Waals surface area contributed by atoms with Crippen LogP contribution < -0.4 is 16.1 Å². The van der Waals surface area contributed by atoms with E-state index in [1.807, 2.05) is 13.8 Å². The van der Waals surface area contributed by atoms with E-state index < -0.39 is 49.7 Å². The van der Waals surface area contributed by atoms with E-state index in [-0.39, 0.29) is 5.92 Å². The Morgan fingerprint density at radius 2 is 1.45 bits per heavy atom. The van der Waals surface area contributed by atoms with Crippen LogP contribution in [0.3, 0.4) is 0 Å². The third kappa shape index (κ3) is 14.0. The van der Waals surface area contributed by atoms with Gasteiger partial charge in [-0.05, 0) is 32.6 Å². The zero-order valence-corrected chi connectivity index (χ0v) is 27.5. The molecule has 0 bridgehead atoms. The van der Waals surface area contributed by atoms with Crippen molar-refractivity contribution in [2.45, 2.75) is 162 Å². The predicted molar refractivity (Wildman–Crippen MR) is 163 cm³/mol. The molecule has 0 radical (unpaired) electrons. The number of unbranched alkanes of at least 4 members (excludes halogenated alkanes) is 13. The molecule has 11 heteroatoms. The molecule has 1 N–H and O–H groups in total. The summed E-state index contributed by atoms with van der Waals surface area (Å²) in [5.41, 5.74) is -1.19. The third-order valence-electron chi connectivity index (χ3n) is 7.51. The summed E-state index contributed by atoms with van der Waals surface area (Å²) in [7, 11) is -4.68. The van der Waals surface area contributed by atoms with Gasteiger partial charge in [0.1, 0.15) is 12.2 Å².